The van der Waals surface area contributed by atoms with E-state index in [1.165, 1.54) is 9.80 Å². The molecule has 2 saturated carbocycles. The highest BCUT2D eigenvalue weighted by molar-refractivity contribution is 6.07. The van der Waals surface area contributed by atoms with Gasteiger partial charge in [0.2, 0.25) is 23.6 Å². The van der Waals surface area contributed by atoms with Crippen molar-refractivity contribution in [1.29, 1.82) is 0 Å². The molecule has 2 heterocycles. The molecule has 2 aliphatic heterocycles. The lowest BCUT2D eigenvalue weighted by Crippen LogP contribution is -2.40. The number of carbonyl (C=O) groups excluding carboxylic acids is 4. The van der Waals surface area contributed by atoms with Gasteiger partial charge in [-0.2, -0.15) is 0 Å². The largest absolute Gasteiger partial charge is 0.282 e. The quantitative estimate of drug-likeness (QED) is 0.515. The second-order valence-corrected chi connectivity index (χ2v) is 11.6. The molecule has 0 N–H and O–H groups in total. The molecule has 0 spiro atoms. The molecule has 6 nitrogen and oxygen atoms in total. The van der Waals surface area contributed by atoms with Crippen molar-refractivity contribution < 1.29 is 19.2 Å². The highest BCUT2D eigenvalue weighted by Gasteiger charge is 2.67. The summed E-state index contributed by atoms with van der Waals surface area (Å²) in [5, 5.41) is 0. The molecule has 4 fully saturated rings. The van der Waals surface area contributed by atoms with Gasteiger partial charge < -0.3 is 0 Å². The molecular formula is C25H30N2O4. The average Bonchev–Trinajstić information content (AvgIpc) is 3.45. The zero-order valence-corrected chi connectivity index (χ0v) is 18.6. The van der Waals surface area contributed by atoms with Gasteiger partial charge in [0.1, 0.15) is 0 Å². The molecule has 0 radical (unpaired) electrons. The van der Waals surface area contributed by atoms with Crippen molar-refractivity contribution >= 4 is 23.6 Å². The Labute approximate surface area is 182 Å². The second kappa shape index (κ2) is 5.76. The summed E-state index contributed by atoms with van der Waals surface area (Å²) >= 11 is 0. The molecule has 6 aliphatic rings. The first-order valence-corrected chi connectivity index (χ1v) is 11.7. The minimum absolute atomic E-state index is 0.0416. The van der Waals surface area contributed by atoms with Crippen molar-refractivity contribution in [3.05, 3.63) is 24.3 Å². The lowest BCUT2D eigenvalue weighted by atomic mass is 9.78. The summed E-state index contributed by atoms with van der Waals surface area (Å²) in [5.74, 6) is -0.752. The first kappa shape index (κ1) is 19.4. The third-order valence-corrected chi connectivity index (χ3v) is 9.78. The van der Waals surface area contributed by atoms with Gasteiger partial charge in [-0.25, -0.2) is 0 Å². The Kier molecular flexibility index (Phi) is 3.61. The normalized spacial score (nSPS) is 44.9. The molecule has 8 atom stereocenters. The molecule has 31 heavy (non-hydrogen) atoms. The van der Waals surface area contributed by atoms with Gasteiger partial charge in [-0.05, 0) is 40.9 Å². The van der Waals surface area contributed by atoms with Crippen molar-refractivity contribution in [2.75, 3.05) is 13.1 Å². The van der Waals surface area contributed by atoms with Crippen molar-refractivity contribution in [2.24, 2.45) is 58.2 Å². The van der Waals surface area contributed by atoms with Gasteiger partial charge >= 0.3 is 0 Å². The standard InChI is InChI=1S/C25H30N2O4/c1-24(2)12-6-7-13(24)17-16(12)20(28)26(21(17)29)10-5-11-27-22(30)18-14-8-9-15(25(14,3)4)19(18)23(27)31/h6-9,12-19H,5,10-11H2,1-4H3. The number of likely N-dealkylation sites (tertiary alicyclic amines) is 2. The summed E-state index contributed by atoms with van der Waals surface area (Å²) < 4.78 is 0. The Balaban J connectivity index is 1.12. The summed E-state index contributed by atoms with van der Waals surface area (Å²) in [4.78, 5) is 55.1. The third kappa shape index (κ3) is 2.10. The van der Waals surface area contributed by atoms with E-state index in [9.17, 15) is 19.2 Å². The van der Waals surface area contributed by atoms with Gasteiger partial charge in [0, 0.05) is 13.1 Å². The fraction of sp³-hybridized carbons (Fsp3) is 0.680. The minimum atomic E-state index is -0.240. The molecule has 4 amide bonds. The van der Waals surface area contributed by atoms with Crippen LogP contribution in [0.4, 0.5) is 0 Å². The Bertz CT molecular complexity index is 845. The van der Waals surface area contributed by atoms with Crippen LogP contribution in [0, 0.1) is 58.2 Å². The predicted molar refractivity (Wildman–Crippen MR) is 112 cm³/mol. The molecule has 0 aromatic heterocycles. The van der Waals surface area contributed by atoms with Gasteiger partial charge in [0.15, 0.2) is 0 Å². The van der Waals surface area contributed by atoms with Crippen LogP contribution in [0.5, 0.6) is 0 Å². The predicted octanol–water partition coefficient (Wildman–Crippen LogP) is 2.26. The number of hydrogen-bond donors (Lipinski definition) is 0. The third-order valence-electron chi connectivity index (χ3n) is 9.78. The number of allylic oxidation sites excluding steroid dienone is 4. The zero-order chi connectivity index (χ0) is 22.0. The van der Waals surface area contributed by atoms with Crippen molar-refractivity contribution in [3.63, 3.8) is 0 Å². The van der Waals surface area contributed by atoms with Crippen LogP contribution in [0.25, 0.3) is 0 Å². The van der Waals surface area contributed by atoms with Crippen LogP contribution < -0.4 is 0 Å². The maximum atomic E-state index is 13.1. The number of fused-ring (bicyclic) bond motifs is 10. The lowest BCUT2D eigenvalue weighted by molar-refractivity contribution is -0.141. The van der Waals surface area contributed by atoms with Crippen LogP contribution in [0.3, 0.4) is 0 Å². The first-order valence-electron chi connectivity index (χ1n) is 11.7. The Morgan fingerprint density at radius 2 is 0.839 bits per heavy atom. The molecule has 2 saturated heterocycles. The van der Waals surface area contributed by atoms with E-state index >= 15 is 0 Å². The SMILES string of the molecule is CC1(C)C2C=CC1C1C(=O)N(CCCN3C(=O)C4C(C3=O)C3C=CC4C3(C)C)C(=O)C12. The van der Waals surface area contributed by atoms with Crippen molar-refractivity contribution in [2.45, 2.75) is 34.1 Å². The Morgan fingerprint density at radius 3 is 1.10 bits per heavy atom. The number of amides is 4. The number of hydrogen-bond acceptors (Lipinski definition) is 4. The van der Waals surface area contributed by atoms with Gasteiger partial charge in [0.25, 0.3) is 0 Å². The second-order valence-electron chi connectivity index (χ2n) is 11.6. The van der Waals surface area contributed by atoms with E-state index in [0.29, 0.717) is 6.42 Å². The molecule has 8 unspecified atom stereocenters. The highest BCUT2D eigenvalue weighted by Crippen LogP contribution is 2.63. The molecule has 0 aromatic rings. The van der Waals surface area contributed by atoms with E-state index < -0.39 is 0 Å². The summed E-state index contributed by atoms with van der Waals surface area (Å²) in [6, 6.07) is 0. The smallest absolute Gasteiger partial charge is 0.233 e. The van der Waals surface area contributed by atoms with Crippen LogP contribution >= 0.6 is 0 Å². The summed E-state index contributed by atoms with van der Waals surface area (Å²) in [6.45, 7) is 9.17. The van der Waals surface area contributed by atoms with Gasteiger partial charge in [-0.15, -0.1) is 0 Å². The van der Waals surface area contributed by atoms with Crippen LogP contribution in [0.2, 0.25) is 0 Å². The lowest BCUT2D eigenvalue weighted by Gasteiger charge is -2.29. The van der Waals surface area contributed by atoms with E-state index in [1.807, 2.05) is 0 Å². The molecular weight excluding hydrogens is 392 g/mol. The van der Waals surface area contributed by atoms with Gasteiger partial charge in [-0.3, -0.25) is 29.0 Å². The molecule has 164 valence electrons. The van der Waals surface area contributed by atoms with Gasteiger partial charge in [0.05, 0.1) is 23.7 Å². The van der Waals surface area contributed by atoms with Crippen LogP contribution in [-0.2, 0) is 19.2 Å². The fourth-order valence-corrected chi connectivity index (χ4v) is 8.13. The van der Waals surface area contributed by atoms with Gasteiger partial charge in [-0.1, -0.05) is 52.0 Å². The number of imide groups is 2. The molecule has 4 bridgehead atoms. The highest BCUT2D eigenvalue weighted by atomic mass is 16.2. The summed E-state index contributed by atoms with van der Waals surface area (Å²) in [7, 11) is 0. The van der Waals surface area contributed by atoms with Crippen LogP contribution in [-0.4, -0.2) is 46.5 Å². The van der Waals surface area contributed by atoms with E-state index in [0.717, 1.165) is 0 Å². The van der Waals surface area contributed by atoms with E-state index in [-0.39, 0.29) is 94.9 Å². The number of rotatable bonds is 4. The fourth-order valence-electron chi connectivity index (χ4n) is 8.13. The molecule has 4 aliphatic carbocycles. The maximum absolute atomic E-state index is 13.1. The zero-order valence-electron chi connectivity index (χ0n) is 18.6. The summed E-state index contributed by atoms with van der Waals surface area (Å²) in [6.07, 6.45) is 8.91. The summed E-state index contributed by atoms with van der Waals surface area (Å²) in [5.41, 5.74) is -0.0832. The first-order chi connectivity index (χ1) is 14.6. The molecule has 6 heteroatoms. The number of nitrogens with zero attached hydrogens (tertiary/aromatic N) is 2. The Morgan fingerprint density at radius 1 is 0.581 bits per heavy atom. The van der Waals surface area contributed by atoms with Crippen LogP contribution in [0.1, 0.15) is 34.1 Å². The number of carbonyl (C=O) groups is 4. The molecule has 0 aromatic carbocycles. The molecule has 6 rings (SSSR count). The van der Waals surface area contributed by atoms with Crippen molar-refractivity contribution in [1.82, 2.24) is 9.80 Å². The monoisotopic (exact) mass is 422 g/mol. The van der Waals surface area contributed by atoms with Crippen LogP contribution in [0.15, 0.2) is 24.3 Å². The maximum Gasteiger partial charge on any atom is 0.233 e. The Hall–Kier alpha value is -2.24. The topological polar surface area (TPSA) is 74.8 Å². The van der Waals surface area contributed by atoms with E-state index in [4.69, 9.17) is 0 Å². The van der Waals surface area contributed by atoms with E-state index in [2.05, 4.69) is 52.0 Å². The van der Waals surface area contributed by atoms with E-state index in [1.54, 1.807) is 0 Å². The average molecular weight is 423 g/mol. The minimum Gasteiger partial charge on any atom is -0.282 e. The van der Waals surface area contributed by atoms with Crippen molar-refractivity contribution in [3.8, 4) is 0 Å².